The van der Waals surface area contributed by atoms with Crippen LogP contribution in [-0.2, 0) is 42.1 Å². The molecule has 2 aromatic rings. The van der Waals surface area contributed by atoms with E-state index in [0.29, 0.717) is 19.6 Å². The van der Waals surface area contributed by atoms with Gasteiger partial charge in [-0.1, -0.05) is 0 Å². The normalized spacial score (nSPS) is 18.5. The van der Waals surface area contributed by atoms with E-state index in [-0.39, 0.29) is 11.9 Å². The number of carbonyl (C=O) groups is 1. The van der Waals surface area contributed by atoms with E-state index in [0.717, 1.165) is 63.0 Å². The van der Waals surface area contributed by atoms with Crippen LogP contribution < -0.4 is 10.6 Å². The number of aliphatic imine (C=N–C) groups is 1. The van der Waals surface area contributed by atoms with Crippen LogP contribution in [0.4, 0.5) is 0 Å². The molecule has 0 bridgehead atoms. The molecule has 4 rings (SSSR count). The van der Waals surface area contributed by atoms with E-state index in [1.165, 1.54) is 10.4 Å². The number of nitrogens with zero attached hydrogens (tertiary/aromatic N) is 5. The highest BCUT2D eigenvalue weighted by Crippen LogP contribution is 2.24. The molecule has 0 spiro atoms. The van der Waals surface area contributed by atoms with Gasteiger partial charge in [0, 0.05) is 50.5 Å². The summed E-state index contributed by atoms with van der Waals surface area (Å²) in [5.74, 6) is 2.66. The number of ether oxygens (including phenoxy) is 1. The highest BCUT2D eigenvalue weighted by molar-refractivity contribution is 7.10. The first-order valence-electron chi connectivity index (χ1n) is 11.0. The van der Waals surface area contributed by atoms with E-state index < -0.39 is 0 Å². The van der Waals surface area contributed by atoms with Crippen molar-refractivity contribution in [1.29, 1.82) is 0 Å². The Balaban J connectivity index is 1.28. The van der Waals surface area contributed by atoms with Gasteiger partial charge < -0.3 is 20.3 Å². The van der Waals surface area contributed by atoms with E-state index >= 15 is 0 Å². The summed E-state index contributed by atoms with van der Waals surface area (Å²) >= 11 is 1.79. The van der Waals surface area contributed by atoms with Crippen molar-refractivity contribution < 1.29 is 9.53 Å². The molecule has 168 valence electrons. The SMILES string of the molecule is CCNC(=NCCC(=O)N1CCc2sccc2C1)NC1CCc2nc(COC)nn2C1. The van der Waals surface area contributed by atoms with Crippen LogP contribution in [0.3, 0.4) is 0 Å². The lowest BCUT2D eigenvalue weighted by molar-refractivity contribution is -0.131. The van der Waals surface area contributed by atoms with Crippen molar-refractivity contribution in [3.05, 3.63) is 33.5 Å². The van der Waals surface area contributed by atoms with Gasteiger partial charge in [-0.25, -0.2) is 9.67 Å². The number of nitrogens with one attached hydrogen (secondary N) is 2. The summed E-state index contributed by atoms with van der Waals surface area (Å²) in [5.41, 5.74) is 1.29. The zero-order valence-electron chi connectivity index (χ0n) is 18.3. The van der Waals surface area contributed by atoms with Crippen LogP contribution in [0.1, 0.15) is 41.9 Å². The Kier molecular flexibility index (Phi) is 7.18. The van der Waals surface area contributed by atoms with Crippen molar-refractivity contribution in [3.63, 3.8) is 0 Å². The number of guanidine groups is 1. The minimum atomic E-state index is 0.173. The van der Waals surface area contributed by atoms with Crippen molar-refractivity contribution >= 4 is 23.2 Å². The number of carbonyl (C=O) groups excluding carboxylic acids is 1. The van der Waals surface area contributed by atoms with E-state index in [1.807, 2.05) is 16.5 Å². The number of fused-ring (bicyclic) bond motifs is 2. The fourth-order valence-corrected chi connectivity index (χ4v) is 4.95. The highest BCUT2D eigenvalue weighted by Gasteiger charge is 2.23. The molecule has 2 aromatic heterocycles. The maximum atomic E-state index is 12.6. The number of hydrogen-bond acceptors (Lipinski definition) is 6. The molecule has 0 fully saturated rings. The molecule has 1 amide bonds. The third kappa shape index (κ3) is 5.43. The van der Waals surface area contributed by atoms with Gasteiger partial charge in [0.1, 0.15) is 12.4 Å². The minimum absolute atomic E-state index is 0.173. The number of hydrogen-bond donors (Lipinski definition) is 2. The van der Waals surface area contributed by atoms with Crippen LogP contribution in [-0.4, -0.2) is 64.3 Å². The zero-order valence-corrected chi connectivity index (χ0v) is 19.1. The molecule has 1 unspecified atom stereocenters. The van der Waals surface area contributed by atoms with Crippen molar-refractivity contribution in [3.8, 4) is 0 Å². The molecule has 0 radical (unpaired) electrons. The number of rotatable bonds is 7. The smallest absolute Gasteiger partial charge is 0.224 e. The van der Waals surface area contributed by atoms with E-state index in [4.69, 9.17) is 4.74 Å². The number of aryl methyl sites for hydroxylation is 1. The number of aromatic nitrogens is 3. The van der Waals surface area contributed by atoms with Crippen LogP contribution in [0, 0.1) is 0 Å². The molecule has 0 aromatic carbocycles. The Morgan fingerprint density at radius 1 is 1.42 bits per heavy atom. The number of methoxy groups -OCH3 is 1. The van der Waals surface area contributed by atoms with Gasteiger partial charge in [0.05, 0.1) is 13.1 Å². The first kappa shape index (κ1) is 21.8. The van der Waals surface area contributed by atoms with Crippen LogP contribution in [0.2, 0.25) is 0 Å². The summed E-state index contributed by atoms with van der Waals surface area (Å²) in [5, 5.41) is 13.4. The van der Waals surface area contributed by atoms with Gasteiger partial charge in [-0.15, -0.1) is 11.3 Å². The summed E-state index contributed by atoms with van der Waals surface area (Å²) in [6.07, 6.45) is 3.22. The van der Waals surface area contributed by atoms with Gasteiger partial charge in [-0.05, 0) is 36.8 Å². The minimum Gasteiger partial charge on any atom is -0.377 e. The summed E-state index contributed by atoms with van der Waals surface area (Å²) in [6, 6.07) is 2.35. The van der Waals surface area contributed by atoms with E-state index in [1.54, 1.807) is 18.4 Å². The molecule has 2 N–H and O–H groups in total. The first-order chi connectivity index (χ1) is 15.2. The molecular formula is C21H31N7O2S. The summed E-state index contributed by atoms with van der Waals surface area (Å²) in [6.45, 7) is 6.00. The van der Waals surface area contributed by atoms with Gasteiger partial charge in [0.25, 0.3) is 0 Å². The van der Waals surface area contributed by atoms with Crippen molar-refractivity contribution in [1.82, 2.24) is 30.3 Å². The molecule has 10 heteroatoms. The van der Waals surface area contributed by atoms with Crippen LogP contribution >= 0.6 is 11.3 Å². The van der Waals surface area contributed by atoms with E-state index in [9.17, 15) is 4.79 Å². The second-order valence-electron chi connectivity index (χ2n) is 7.88. The van der Waals surface area contributed by atoms with Crippen molar-refractivity contribution in [2.45, 2.75) is 58.3 Å². The summed E-state index contributed by atoms with van der Waals surface area (Å²) in [7, 11) is 1.65. The lowest BCUT2D eigenvalue weighted by atomic mass is 10.1. The van der Waals surface area contributed by atoms with Crippen LogP contribution in [0.15, 0.2) is 16.4 Å². The predicted molar refractivity (Wildman–Crippen MR) is 120 cm³/mol. The van der Waals surface area contributed by atoms with E-state index in [2.05, 4.69) is 37.2 Å². The molecule has 0 saturated carbocycles. The first-order valence-corrected chi connectivity index (χ1v) is 11.8. The van der Waals surface area contributed by atoms with Crippen molar-refractivity contribution in [2.24, 2.45) is 4.99 Å². The molecule has 2 aliphatic heterocycles. The molecular weight excluding hydrogens is 414 g/mol. The predicted octanol–water partition coefficient (Wildman–Crippen LogP) is 1.33. The van der Waals surface area contributed by atoms with Gasteiger partial charge in [-0.2, -0.15) is 5.10 Å². The Bertz CT molecular complexity index is 923. The fraction of sp³-hybridized carbons (Fsp3) is 0.619. The lowest BCUT2D eigenvalue weighted by Crippen LogP contribution is -2.47. The van der Waals surface area contributed by atoms with Gasteiger partial charge in [-0.3, -0.25) is 9.79 Å². The fourth-order valence-electron chi connectivity index (χ4n) is 4.06. The van der Waals surface area contributed by atoms with Crippen molar-refractivity contribution in [2.75, 3.05) is 26.7 Å². The maximum absolute atomic E-state index is 12.6. The largest absolute Gasteiger partial charge is 0.377 e. The average molecular weight is 446 g/mol. The Morgan fingerprint density at radius 3 is 3.16 bits per heavy atom. The number of amides is 1. The van der Waals surface area contributed by atoms with Gasteiger partial charge in [0.2, 0.25) is 5.91 Å². The number of thiophene rings is 1. The van der Waals surface area contributed by atoms with Gasteiger partial charge >= 0.3 is 0 Å². The molecule has 4 heterocycles. The Morgan fingerprint density at radius 2 is 2.32 bits per heavy atom. The third-order valence-electron chi connectivity index (χ3n) is 5.62. The van der Waals surface area contributed by atoms with Gasteiger partial charge in [0.15, 0.2) is 11.8 Å². The molecule has 31 heavy (non-hydrogen) atoms. The molecule has 2 aliphatic rings. The third-order valence-corrected chi connectivity index (χ3v) is 6.64. The second kappa shape index (κ2) is 10.2. The Labute approximate surface area is 186 Å². The highest BCUT2D eigenvalue weighted by atomic mass is 32.1. The molecule has 1 atom stereocenters. The zero-order chi connectivity index (χ0) is 21.6. The quantitative estimate of drug-likeness (QED) is 0.493. The summed E-state index contributed by atoms with van der Waals surface area (Å²) < 4.78 is 7.09. The van der Waals surface area contributed by atoms with Crippen LogP contribution in [0.5, 0.6) is 0 Å². The van der Waals surface area contributed by atoms with Crippen LogP contribution in [0.25, 0.3) is 0 Å². The standard InChI is InChI=1S/C21H31N7O2S/c1-3-22-21(24-16-4-5-19-25-18(14-30-2)26-28(19)13-16)23-9-6-20(29)27-10-7-17-15(12-27)8-11-31-17/h8,11,16H,3-7,9-10,12-14H2,1-2H3,(H2,22,23,24). The molecule has 0 saturated heterocycles. The topological polar surface area (TPSA) is 96.7 Å². The molecule has 9 nitrogen and oxygen atoms in total. The second-order valence-corrected chi connectivity index (χ2v) is 8.88. The summed E-state index contributed by atoms with van der Waals surface area (Å²) in [4.78, 5) is 25.2. The molecule has 0 aliphatic carbocycles. The lowest BCUT2D eigenvalue weighted by Gasteiger charge is -2.27. The average Bonchev–Trinajstić information content (AvgIpc) is 3.39. The Hall–Kier alpha value is -2.46. The maximum Gasteiger partial charge on any atom is 0.224 e. The monoisotopic (exact) mass is 445 g/mol.